The third kappa shape index (κ3) is 3.32. The number of nitrogens with two attached hydrogens (primary N) is 1. The number of alkyl halides is 3. The predicted octanol–water partition coefficient (Wildman–Crippen LogP) is 2.25. The summed E-state index contributed by atoms with van der Waals surface area (Å²) in [5.74, 6) is 0. The summed E-state index contributed by atoms with van der Waals surface area (Å²) in [7, 11) is 0. The van der Waals surface area contributed by atoms with Gasteiger partial charge in [0.15, 0.2) is 0 Å². The van der Waals surface area contributed by atoms with Crippen molar-refractivity contribution in [2.75, 3.05) is 11.4 Å². The van der Waals surface area contributed by atoms with Gasteiger partial charge in [0.1, 0.15) is 11.5 Å². The molecule has 98 valence electrons. The van der Waals surface area contributed by atoms with Crippen molar-refractivity contribution in [3.8, 4) is 0 Å². The topological polar surface area (TPSA) is 42.1 Å². The maximum atomic E-state index is 12.5. The second kappa shape index (κ2) is 4.72. The Hall–Kier alpha value is -1.37. The van der Waals surface area contributed by atoms with E-state index in [2.05, 4.69) is 4.98 Å². The van der Waals surface area contributed by atoms with Crippen molar-refractivity contribution in [1.29, 1.82) is 0 Å². The molecule has 0 bridgehead atoms. The van der Waals surface area contributed by atoms with Crippen LogP contribution in [-0.4, -0.2) is 28.7 Å². The summed E-state index contributed by atoms with van der Waals surface area (Å²) in [5.41, 5.74) is 6.26. The third-order valence-corrected chi connectivity index (χ3v) is 2.88. The second-order valence-corrected chi connectivity index (χ2v) is 4.68. The van der Waals surface area contributed by atoms with Gasteiger partial charge in [0.2, 0.25) is 0 Å². The van der Waals surface area contributed by atoms with Crippen LogP contribution in [-0.2, 0) is 0 Å². The fourth-order valence-corrected chi connectivity index (χ4v) is 1.83. The number of hydrogen-bond acceptors (Lipinski definition) is 3. The molecule has 3 nitrogen and oxygen atoms in total. The summed E-state index contributed by atoms with van der Waals surface area (Å²) < 4.78 is 37.5. The van der Waals surface area contributed by atoms with E-state index in [1.807, 2.05) is 0 Å². The quantitative estimate of drug-likeness (QED) is 0.856. The summed E-state index contributed by atoms with van der Waals surface area (Å²) in [6, 6.07) is 3.08. The first kappa shape index (κ1) is 13.1. The lowest BCUT2D eigenvalue weighted by molar-refractivity contribution is -0.120. The lowest BCUT2D eigenvalue weighted by Crippen LogP contribution is -2.36. The van der Waals surface area contributed by atoms with Crippen molar-refractivity contribution < 1.29 is 13.2 Å². The highest BCUT2D eigenvalue weighted by Crippen LogP contribution is 2.33. The molecule has 1 aromatic heterocycles. The number of nitrogens with zero attached hydrogens (tertiary/aromatic N) is 2. The van der Waals surface area contributed by atoms with Gasteiger partial charge in [0, 0.05) is 6.04 Å². The first-order chi connectivity index (χ1) is 8.37. The van der Waals surface area contributed by atoms with Gasteiger partial charge in [-0.2, -0.15) is 13.2 Å². The molecule has 0 radical (unpaired) electrons. The van der Waals surface area contributed by atoms with Crippen LogP contribution < -0.4 is 10.6 Å². The van der Waals surface area contributed by atoms with E-state index in [1.165, 1.54) is 11.1 Å². The largest absolute Gasteiger partial charge is 0.405 e. The van der Waals surface area contributed by atoms with Crippen molar-refractivity contribution in [1.82, 2.24) is 4.98 Å². The number of anilines is 1. The Balaban J connectivity index is 2.18. The summed E-state index contributed by atoms with van der Waals surface area (Å²) in [5, 5.41) is 0. The molecule has 0 unspecified atom stereocenters. The fourth-order valence-electron chi connectivity index (χ4n) is 1.71. The van der Waals surface area contributed by atoms with Crippen molar-refractivity contribution >= 4 is 22.9 Å². The Morgan fingerprint density at radius 1 is 1.44 bits per heavy atom. The maximum Gasteiger partial charge on any atom is 0.405 e. The van der Waals surface area contributed by atoms with Gasteiger partial charge >= 0.3 is 6.18 Å². The number of halogens is 3. The minimum Gasteiger partial charge on any atom is -0.388 e. The summed E-state index contributed by atoms with van der Waals surface area (Å²) >= 11 is 4.74. The van der Waals surface area contributed by atoms with E-state index in [0.29, 0.717) is 11.4 Å². The van der Waals surface area contributed by atoms with Crippen molar-refractivity contribution in [3.05, 3.63) is 24.0 Å². The molecule has 2 rings (SSSR count). The molecule has 0 spiro atoms. The lowest BCUT2D eigenvalue weighted by Gasteiger charge is -2.25. The summed E-state index contributed by atoms with van der Waals surface area (Å²) in [6.07, 6.45) is -1.26. The van der Waals surface area contributed by atoms with Gasteiger partial charge in [-0.05, 0) is 25.0 Å². The van der Waals surface area contributed by atoms with E-state index in [9.17, 15) is 13.2 Å². The molecule has 1 aromatic rings. The van der Waals surface area contributed by atoms with Gasteiger partial charge in [-0.15, -0.1) is 0 Å². The molecule has 0 aromatic carbocycles. The van der Waals surface area contributed by atoms with Crippen LogP contribution in [0.15, 0.2) is 18.3 Å². The molecule has 2 N–H and O–H groups in total. The highest BCUT2D eigenvalue weighted by atomic mass is 32.1. The second-order valence-electron chi connectivity index (χ2n) is 4.24. The van der Waals surface area contributed by atoms with Gasteiger partial charge in [-0.3, -0.25) is 4.98 Å². The number of aromatic nitrogens is 1. The van der Waals surface area contributed by atoms with Crippen LogP contribution in [0.5, 0.6) is 0 Å². The lowest BCUT2D eigenvalue weighted by atomic mass is 10.3. The molecule has 0 saturated heterocycles. The molecule has 7 heteroatoms. The zero-order chi connectivity index (χ0) is 13.3. The minimum atomic E-state index is -4.22. The first-order valence-electron chi connectivity index (χ1n) is 5.46. The van der Waals surface area contributed by atoms with Crippen LogP contribution in [0.25, 0.3) is 0 Å². The molecule has 1 aliphatic rings. The van der Waals surface area contributed by atoms with E-state index >= 15 is 0 Å². The normalized spacial score (nSPS) is 15.5. The third-order valence-electron chi connectivity index (χ3n) is 2.67. The van der Waals surface area contributed by atoms with Crippen LogP contribution in [0.2, 0.25) is 0 Å². The van der Waals surface area contributed by atoms with Gasteiger partial charge in [-0.1, -0.05) is 12.2 Å². The van der Waals surface area contributed by atoms with Crippen LogP contribution >= 0.6 is 12.2 Å². The van der Waals surface area contributed by atoms with E-state index in [1.54, 1.807) is 12.1 Å². The van der Waals surface area contributed by atoms with Crippen LogP contribution in [0, 0.1) is 0 Å². The Bertz CT molecular complexity index is 440. The molecule has 1 fully saturated rings. The van der Waals surface area contributed by atoms with E-state index in [4.69, 9.17) is 18.0 Å². The SMILES string of the molecule is NC(=S)c1ccc(N(CC(F)(F)F)C2CC2)cn1. The average Bonchev–Trinajstić information content (AvgIpc) is 3.08. The number of rotatable bonds is 4. The Morgan fingerprint density at radius 2 is 2.11 bits per heavy atom. The Kier molecular flexibility index (Phi) is 3.43. The average molecular weight is 275 g/mol. The fraction of sp³-hybridized carbons (Fsp3) is 0.455. The van der Waals surface area contributed by atoms with Gasteiger partial charge < -0.3 is 10.6 Å². The number of thiocarbonyl (C=S) groups is 1. The molecule has 0 amide bonds. The minimum absolute atomic E-state index is 0.0379. The predicted molar refractivity (Wildman–Crippen MR) is 66.5 cm³/mol. The number of pyridine rings is 1. The van der Waals surface area contributed by atoms with Crippen molar-refractivity contribution in [2.45, 2.75) is 25.1 Å². The molecule has 1 heterocycles. The standard InChI is InChI=1S/C11H12F3N3S/c12-11(13,14)6-17(7-1-2-7)8-3-4-9(10(15)18)16-5-8/h3-5,7H,1-2,6H2,(H2,15,18). The molecular formula is C11H12F3N3S. The highest BCUT2D eigenvalue weighted by molar-refractivity contribution is 7.80. The highest BCUT2D eigenvalue weighted by Gasteiger charge is 2.38. The summed E-state index contributed by atoms with van der Waals surface area (Å²) in [6.45, 7) is -0.953. The molecule has 0 aliphatic heterocycles. The smallest absolute Gasteiger partial charge is 0.388 e. The van der Waals surface area contributed by atoms with Gasteiger partial charge in [0.25, 0.3) is 0 Å². The first-order valence-corrected chi connectivity index (χ1v) is 5.87. The van der Waals surface area contributed by atoms with Gasteiger partial charge in [0.05, 0.1) is 17.6 Å². The monoisotopic (exact) mass is 275 g/mol. The van der Waals surface area contributed by atoms with Crippen LogP contribution in [0.1, 0.15) is 18.5 Å². The van der Waals surface area contributed by atoms with Crippen LogP contribution in [0.4, 0.5) is 18.9 Å². The summed E-state index contributed by atoms with van der Waals surface area (Å²) in [4.78, 5) is 5.43. The van der Waals surface area contributed by atoms with E-state index in [0.717, 1.165) is 12.8 Å². The molecular weight excluding hydrogens is 263 g/mol. The zero-order valence-electron chi connectivity index (χ0n) is 9.44. The Morgan fingerprint density at radius 3 is 2.50 bits per heavy atom. The van der Waals surface area contributed by atoms with Crippen molar-refractivity contribution in [2.24, 2.45) is 5.73 Å². The maximum absolute atomic E-state index is 12.5. The van der Waals surface area contributed by atoms with E-state index < -0.39 is 12.7 Å². The molecule has 18 heavy (non-hydrogen) atoms. The van der Waals surface area contributed by atoms with Gasteiger partial charge in [-0.25, -0.2) is 0 Å². The number of hydrogen-bond donors (Lipinski definition) is 1. The van der Waals surface area contributed by atoms with E-state index in [-0.39, 0.29) is 11.0 Å². The molecule has 1 saturated carbocycles. The van der Waals surface area contributed by atoms with Crippen molar-refractivity contribution in [3.63, 3.8) is 0 Å². The Labute approximate surface area is 108 Å². The molecule has 1 aliphatic carbocycles. The van der Waals surface area contributed by atoms with Crippen LogP contribution in [0.3, 0.4) is 0 Å². The zero-order valence-corrected chi connectivity index (χ0v) is 10.3. The molecule has 0 atom stereocenters.